The first kappa shape index (κ1) is 10.0. The lowest BCUT2D eigenvalue weighted by molar-refractivity contribution is -0.0470. The second-order valence-corrected chi connectivity index (χ2v) is 4.51. The molecule has 0 unspecified atom stereocenters. The van der Waals surface area contributed by atoms with Crippen molar-refractivity contribution >= 4 is 0 Å². The Bertz CT molecular complexity index is 122. The minimum Gasteiger partial charge on any atom is -0.381 e. The Balaban J connectivity index is 1.88. The summed E-state index contributed by atoms with van der Waals surface area (Å²) in [5.74, 6) is 0.813. The molecule has 1 aliphatic rings. The summed E-state index contributed by atoms with van der Waals surface area (Å²) in [6.07, 6.45) is 2.43. The summed E-state index contributed by atoms with van der Waals surface area (Å²) < 4.78 is 10.7. The molecule has 1 aliphatic heterocycles. The molecule has 12 heavy (non-hydrogen) atoms. The second-order valence-electron chi connectivity index (χ2n) is 4.51. The molecule has 0 aromatic heterocycles. The molecule has 0 saturated carbocycles. The average Bonchev–Trinajstić information content (AvgIpc) is 1.80. The van der Waals surface area contributed by atoms with E-state index in [9.17, 15) is 0 Å². The third-order valence-electron chi connectivity index (χ3n) is 2.00. The van der Waals surface area contributed by atoms with Crippen molar-refractivity contribution < 1.29 is 9.47 Å². The Morgan fingerprint density at radius 2 is 2.00 bits per heavy atom. The maximum atomic E-state index is 5.61. The van der Waals surface area contributed by atoms with Crippen molar-refractivity contribution in [3.63, 3.8) is 0 Å². The summed E-state index contributed by atoms with van der Waals surface area (Å²) in [4.78, 5) is 0. The highest BCUT2D eigenvalue weighted by Gasteiger charge is 2.17. The van der Waals surface area contributed by atoms with Crippen molar-refractivity contribution in [1.82, 2.24) is 0 Å². The van der Waals surface area contributed by atoms with Crippen LogP contribution in [0.5, 0.6) is 0 Å². The molecule has 0 radical (unpaired) electrons. The Kier molecular flexibility index (Phi) is 3.53. The van der Waals surface area contributed by atoms with E-state index in [0.717, 1.165) is 25.7 Å². The zero-order chi connectivity index (χ0) is 9.03. The monoisotopic (exact) mass is 172 g/mol. The van der Waals surface area contributed by atoms with Crippen molar-refractivity contribution in [1.29, 1.82) is 0 Å². The third kappa shape index (κ3) is 4.07. The molecule has 2 heteroatoms. The van der Waals surface area contributed by atoms with Crippen LogP contribution in [0.2, 0.25) is 0 Å². The van der Waals surface area contributed by atoms with E-state index in [-0.39, 0.29) is 5.60 Å². The van der Waals surface area contributed by atoms with Crippen LogP contribution in [0.4, 0.5) is 0 Å². The van der Waals surface area contributed by atoms with Gasteiger partial charge in [-0.05, 0) is 33.6 Å². The smallest absolute Gasteiger partial charge is 0.0598 e. The molecule has 72 valence electrons. The normalized spacial score (nSPS) is 19.2. The van der Waals surface area contributed by atoms with Crippen LogP contribution in [0.25, 0.3) is 0 Å². The van der Waals surface area contributed by atoms with Gasteiger partial charge in [0.2, 0.25) is 0 Å². The standard InChI is InChI=1S/C10H20O2/c1-10(2,3)12-6-4-5-9-7-11-8-9/h9H,4-8H2,1-3H3. The highest BCUT2D eigenvalue weighted by molar-refractivity contribution is 4.65. The molecule has 1 rings (SSSR count). The van der Waals surface area contributed by atoms with E-state index < -0.39 is 0 Å². The van der Waals surface area contributed by atoms with Crippen molar-refractivity contribution in [3.05, 3.63) is 0 Å². The van der Waals surface area contributed by atoms with Crippen LogP contribution in [0.15, 0.2) is 0 Å². The van der Waals surface area contributed by atoms with Crippen molar-refractivity contribution in [2.75, 3.05) is 19.8 Å². The number of ether oxygens (including phenoxy) is 2. The number of hydrogen-bond donors (Lipinski definition) is 0. The van der Waals surface area contributed by atoms with Crippen LogP contribution in [-0.4, -0.2) is 25.4 Å². The first-order valence-corrected chi connectivity index (χ1v) is 4.79. The Morgan fingerprint density at radius 1 is 1.33 bits per heavy atom. The van der Waals surface area contributed by atoms with Gasteiger partial charge in [0.05, 0.1) is 18.8 Å². The van der Waals surface area contributed by atoms with E-state index in [4.69, 9.17) is 9.47 Å². The molecule has 1 fully saturated rings. The lowest BCUT2D eigenvalue weighted by Gasteiger charge is -2.26. The fraction of sp³-hybridized carbons (Fsp3) is 1.00. The quantitative estimate of drug-likeness (QED) is 0.605. The Morgan fingerprint density at radius 3 is 2.42 bits per heavy atom. The van der Waals surface area contributed by atoms with Crippen molar-refractivity contribution in [2.45, 2.75) is 39.2 Å². The van der Waals surface area contributed by atoms with Crippen molar-refractivity contribution in [2.24, 2.45) is 5.92 Å². The van der Waals surface area contributed by atoms with Crippen molar-refractivity contribution in [3.8, 4) is 0 Å². The van der Waals surface area contributed by atoms with Gasteiger partial charge in [0, 0.05) is 12.5 Å². The van der Waals surface area contributed by atoms with Gasteiger partial charge < -0.3 is 9.47 Å². The molecule has 0 aromatic rings. The predicted octanol–water partition coefficient (Wildman–Crippen LogP) is 2.23. The fourth-order valence-corrected chi connectivity index (χ4v) is 1.20. The summed E-state index contributed by atoms with van der Waals surface area (Å²) in [6, 6.07) is 0. The molecule has 0 bridgehead atoms. The minimum atomic E-state index is 0.0239. The second kappa shape index (κ2) is 4.24. The SMILES string of the molecule is CC(C)(C)OCCCC1COC1. The topological polar surface area (TPSA) is 18.5 Å². The molecule has 0 amide bonds. The third-order valence-corrected chi connectivity index (χ3v) is 2.00. The number of rotatable bonds is 4. The molecule has 1 saturated heterocycles. The van der Waals surface area contributed by atoms with Gasteiger partial charge in [-0.15, -0.1) is 0 Å². The first-order valence-electron chi connectivity index (χ1n) is 4.79. The largest absolute Gasteiger partial charge is 0.381 e. The summed E-state index contributed by atoms with van der Waals surface area (Å²) in [6.45, 7) is 9.11. The lowest BCUT2D eigenvalue weighted by Crippen LogP contribution is -2.28. The highest BCUT2D eigenvalue weighted by Crippen LogP contribution is 2.17. The van der Waals surface area contributed by atoms with Crippen LogP contribution < -0.4 is 0 Å². The molecular formula is C10H20O2. The predicted molar refractivity (Wildman–Crippen MR) is 49.2 cm³/mol. The van der Waals surface area contributed by atoms with Gasteiger partial charge in [0.25, 0.3) is 0 Å². The molecule has 0 aliphatic carbocycles. The zero-order valence-corrected chi connectivity index (χ0v) is 8.43. The highest BCUT2D eigenvalue weighted by atomic mass is 16.5. The van der Waals surface area contributed by atoms with E-state index in [1.54, 1.807) is 0 Å². The van der Waals surface area contributed by atoms with Crippen LogP contribution in [0.3, 0.4) is 0 Å². The zero-order valence-electron chi connectivity index (χ0n) is 8.43. The molecule has 1 heterocycles. The summed E-state index contributed by atoms with van der Waals surface area (Å²) >= 11 is 0. The van der Waals surface area contributed by atoms with Gasteiger partial charge in [-0.2, -0.15) is 0 Å². The summed E-state index contributed by atoms with van der Waals surface area (Å²) in [7, 11) is 0. The van der Waals surface area contributed by atoms with Gasteiger partial charge in [-0.3, -0.25) is 0 Å². The van der Waals surface area contributed by atoms with E-state index >= 15 is 0 Å². The van der Waals surface area contributed by atoms with Crippen LogP contribution in [-0.2, 0) is 9.47 Å². The maximum Gasteiger partial charge on any atom is 0.0598 e. The van der Waals surface area contributed by atoms with Gasteiger partial charge >= 0.3 is 0 Å². The summed E-state index contributed by atoms with van der Waals surface area (Å²) in [5, 5.41) is 0. The molecular weight excluding hydrogens is 152 g/mol. The number of hydrogen-bond acceptors (Lipinski definition) is 2. The van der Waals surface area contributed by atoms with Gasteiger partial charge in [0.1, 0.15) is 0 Å². The van der Waals surface area contributed by atoms with E-state index in [1.165, 1.54) is 12.8 Å². The first-order chi connectivity index (χ1) is 5.58. The fourth-order valence-electron chi connectivity index (χ4n) is 1.20. The molecule has 0 N–H and O–H groups in total. The minimum absolute atomic E-state index is 0.0239. The molecule has 0 aromatic carbocycles. The maximum absolute atomic E-state index is 5.61. The molecule has 2 nitrogen and oxygen atoms in total. The lowest BCUT2D eigenvalue weighted by atomic mass is 10.0. The van der Waals surface area contributed by atoms with Gasteiger partial charge in [0.15, 0.2) is 0 Å². The van der Waals surface area contributed by atoms with Crippen LogP contribution >= 0.6 is 0 Å². The Labute approximate surface area is 75.2 Å². The van der Waals surface area contributed by atoms with E-state index in [1.807, 2.05) is 0 Å². The molecule has 0 atom stereocenters. The van der Waals surface area contributed by atoms with E-state index in [0.29, 0.717) is 0 Å². The van der Waals surface area contributed by atoms with Crippen LogP contribution in [0.1, 0.15) is 33.6 Å². The van der Waals surface area contributed by atoms with E-state index in [2.05, 4.69) is 20.8 Å². The summed E-state index contributed by atoms with van der Waals surface area (Å²) in [5.41, 5.74) is 0.0239. The molecule has 0 spiro atoms. The Hall–Kier alpha value is -0.0800. The van der Waals surface area contributed by atoms with Gasteiger partial charge in [-0.25, -0.2) is 0 Å². The van der Waals surface area contributed by atoms with Crippen LogP contribution in [0, 0.1) is 5.92 Å². The van der Waals surface area contributed by atoms with Gasteiger partial charge in [-0.1, -0.05) is 0 Å². The average molecular weight is 172 g/mol.